The number of esters is 1. The van der Waals surface area contributed by atoms with E-state index >= 15 is 0 Å². The number of carbonyl (C=O) groups excluding carboxylic acids is 1. The topological polar surface area (TPSA) is 42.4 Å². The number of rotatable bonds is 4. The van der Waals surface area contributed by atoms with E-state index in [1.807, 2.05) is 31.2 Å². The summed E-state index contributed by atoms with van der Waals surface area (Å²) >= 11 is 6.17. The Morgan fingerprint density at radius 1 is 1.39 bits per heavy atom. The summed E-state index contributed by atoms with van der Waals surface area (Å²) in [5.74, 6) is -0.114. The van der Waals surface area contributed by atoms with Gasteiger partial charge in [0, 0.05) is 11.9 Å². The maximum Gasteiger partial charge on any atom is 0.323 e. The molecule has 0 radical (unpaired) electrons. The lowest BCUT2D eigenvalue weighted by Gasteiger charge is -2.34. The first-order chi connectivity index (χ1) is 11.2. The van der Waals surface area contributed by atoms with Gasteiger partial charge < -0.3 is 4.74 Å². The third-order valence-electron chi connectivity index (χ3n) is 4.32. The molecule has 0 bridgehead atoms. The summed E-state index contributed by atoms with van der Waals surface area (Å²) in [6, 6.07) is 9.72. The molecule has 4 nitrogen and oxygen atoms in total. The molecule has 1 saturated heterocycles. The van der Waals surface area contributed by atoms with Gasteiger partial charge in [-0.05, 0) is 44.0 Å². The van der Waals surface area contributed by atoms with Crippen molar-refractivity contribution in [2.45, 2.75) is 38.8 Å². The Hall–Kier alpha value is -1.65. The molecular formula is C18H21ClN2O2. The van der Waals surface area contributed by atoms with Gasteiger partial charge in [0.25, 0.3) is 0 Å². The number of fused-ring (bicyclic) bond motifs is 1. The lowest BCUT2D eigenvalue weighted by atomic mass is 10.0. The molecule has 0 saturated carbocycles. The van der Waals surface area contributed by atoms with Crippen molar-refractivity contribution in [1.82, 2.24) is 9.88 Å². The van der Waals surface area contributed by atoms with E-state index in [4.69, 9.17) is 16.3 Å². The number of ether oxygens (including phenoxy) is 1. The predicted molar refractivity (Wildman–Crippen MR) is 91.4 cm³/mol. The second kappa shape index (κ2) is 7.28. The van der Waals surface area contributed by atoms with Crippen LogP contribution in [0.2, 0.25) is 5.15 Å². The molecule has 3 rings (SSSR count). The Morgan fingerprint density at radius 2 is 2.22 bits per heavy atom. The summed E-state index contributed by atoms with van der Waals surface area (Å²) < 4.78 is 5.24. The molecule has 23 heavy (non-hydrogen) atoms. The standard InChI is InChI=1S/C18H21ClN2O2/c1-2-23-18(22)16-9-5-6-10-21(16)12-13-11-17(19)20-15-8-4-3-7-14(13)15/h3-4,7-8,11,16H,2,5-6,9-10,12H2,1H3. The highest BCUT2D eigenvalue weighted by Gasteiger charge is 2.30. The van der Waals surface area contributed by atoms with Crippen LogP contribution in [0.3, 0.4) is 0 Å². The normalized spacial score (nSPS) is 19.0. The van der Waals surface area contributed by atoms with E-state index in [1.165, 1.54) is 0 Å². The number of hydrogen-bond acceptors (Lipinski definition) is 4. The Morgan fingerprint density at radius 3 is 3.04 bits per heavy atom. The van der Waals surface area contributed by atoms with Crippen LogP contribution in [0.25, 0.3) is 10.9 Å². The van der Waals surface area contributed by atoms with Crippen LogP contribution in [0.15, 0.2) is 30.3 Å². The third-order valence-corrected chi connectivity index (χ3v) is 4.51. The SMILES string of the molecule is CCOC(=O)C1CCCCN1Cc1cc(Cl)nc2ccccc12. The molecule has 1 unspecified atom stereocenters. The van der Waals surface area contributed by atoms with Crippen molar-refractivity contribution >= 4 is 28.5 Å². The van der Waals surface area contributed by atoms with Crippen molar-refractivity contribution in [3.63, 3.8) is 0 Å². The minimum Gasteiger partial charge on any atom is -0.465 e. The van der Waals surface area contributed by atoms with E-state index in [9.17, 15) is 4.79 Å². The summed E-state index contributed by atoms with van der Waals surface area (Å²) in [7, 11) is 0. The minimum absolute atomic E-state index is 0.114. The summed E-state index contributed by atoms with van der Waals surface area (Å²) in [4.78, 5) is 18.8. The summed E-state index contributed by atoms with van der Waals surface area (Å²) in [5.41, 5.74) is 2.00. The first kappa shape index (κ1) is 16.2. The van der Waals surface area contributed by atoms with Gasteiger partial charge in [0.05, 0.1) is 12.1 Å². The van der Waals surface area contributed by atoms with Gasteiger partial charge in [-0.3, -0.25) is 9.69 Å². The second-order valence-corrected chi connectivity index (χ2v) is 6.24. The number of nitrogens with zero attached hydrogens (tertiary/aromatic N) is 2. The maximum absolute atomic E-state index is 12.2. The van der Waals surface area contributed by atoms with Gasteiger partial charge >= 0.3 is 5.97 Å². The van der Waals surface area contributed by atoms with Gasteiger partial charge in [-0.15, -0.1) is 0 Å². The van der Waals surface area contributed by atoms with Gasteiger partial charge in [0.2, 0.25) is 0 Å². The Bertz CT molecular complexity index is 704. The average Bonchev–Trinajstić information content (AvgIpc) is 2.55. The van der Waals surface area contributed by atoms with E-state index in [0.29, 0.717) is 18.3 Å². The highest BCUT2D eigenvalue weighted by molar-refractivity contribution is 6.29. The van der Waals surface area contributed by atoms with Crippen molar-refractivity contribution < 1.29 is 9.53 Å². The van der Waals surface area contributed by atoms with Crippen molar-refractivity contribution in [2.24, 2.45) is 0 Å². The van der Waals surface area contributed by atoms with E-state index in [-0.39, 0.29) is 12.0 Å². The van der Waals surface area contributed by atoms with Crippen molar-refractivity contribution in [3.05, 3.63) is 41.0 Å². The fourth-order valence-corrected chi connectivity index (χ4v) is 3.47. The summed E-state index contributed by atoms with van der Waals surface area (Å²) in [5, 5.41) is 1.58. The first-order valence-electron chi connectivity index (χ1n) is 8.14. The number of carbonyl (C=O) groups is 1. The number of benzene rings is 1. The molecular weight excluding hydrogens is 312 g/mol. The molecule has 5 heteroatoms. The van der Waals surface area contributed by atoms with E-state index in [2.05, 4.69) is 16.0 Å². The zero-order valence-corrected chi connectivity index (χ0v) is 14.1. The number of pyridine rings is 1. The lowest BCUT2D eigenvalue weighted by molar-refractivity contribution is -0.151. The zero-order valence-electron chi connectivity index (χ0n) is 13.3. The van der Waals surface area contributed by atoms with Crippen molar-refractivity contribution in [2.75, 3.05) is 13.2 Å². The molecule has 122 valence electrons. The number of aromatic nitrogens is 1. The molecule has 1 aliphatic heterocycles. The molecule has 1 aliphatic rings. The van der Waals surface area contributed by atoms with Gasteiger partial charge in [0.1, 0.15) is 11.2 Å². The predicted octanol–water partition coefficient (Wildman–Crippen LogP) is 3.81. The minimum atomic E-state index is -0.158. The van der Waals surface area contributed by atoms with Crippen molar-refractivity contribution in [1.29, 1.82) is 0 Å². The molecule has 1 atom stereocenters. The fourth-order valence-electron chi connectivity index (χ4n) is 3.25. The van der Waals surface area contributed by atoms with Gasteiger partial charge in [-0.2, -0.15) is 0 Å². The molecule has 0 N–H and O–H groups in total. The van der Waals surface area contributed by atoms with Crippen LogP contribution in [0.5, 0.6) is 0 Å². The highest BCUT2D eigenvalue weighted by atomic mass is 35.5. The van der Waals surface area contributed by atoms with E-state index in [0.717, 1.165) is 42.3 Å². The van der Waals surface area contributed by atoms with Gasteiger partial charge in [-0.1, -0.05) is 36.2 Å². The molecule has 1 fully saturated rings. The van der Waals surface area contributed by atoms with Gasteiger partial charge in [0.15, 0.2) is 0 Å². The molecule has 2 heterocycles. The third kappa shape index (κ3) is 3.65. The Kier molecular flexibility index (Phi) is 5.13. The molecule has 1 aromatic heterocycles. The van der Waals surface area contributed by atoms with Crippen LogP contribution in [0.1, 0.15) is 31.7 Å². The number of para-hydroxylation sites is 1. The largest absolute Gasteiger partial charge is 0.465 e. The molecule has 1 aromatic carbocycles. The number of likely N-dealkylation sites (tertiary alicyclic amines) is 1. The molecule has 2 aromatic rings. The van der Waals surface area contributed by atoms with Crippen LogP contribution in [-0.4, -0.2) is 35.0 Å². The van der Waals surface area contributed by atoms with Crippen LogP contribution in [0, 0.1) is 0 Å². The Labute approximate surface area is 141 Å². The molecule has 0 spiro atoms. The number of piperidine rings is 1. The van der Waals surface area contributed by atoms with Crippen LogP contribution >= 0.6 is 11.6 Å². The monoisotopic (exact) mass is 332 g/mol. The number of halogens is 1. The lowest BCUT2D eigenvalue weighted by Crippen LogP contribution is -2.45. The van der Waals surface area contributed by atoms with E-state index < -0.39 is 0 Å². The van der Waals surface area contributed by atoms with Crippen LogP contribution in [-0.2, 0) is 16.1 Å². The average molecular weight is 333 g/mol. The first-order valence-corrected chi connectivity index (χ1v) is 8.51. The quantitative estimate of drug-likeness (QED) is 0.631. The smallest absolute Gasteiger partial charge is 0.323 e. The van der Waals surface area contributed by atoms with Crippen LogP contribution < -0.4 is 0 Å². The second-order valence-electron chi connectivity index (χ2n) is 5.86. The summed E-state index contributed by atoms with van der Waals surface area (Å²) in [6.45, 7) is 3.86. The van der Waals surface area contributed by atoms with Crippen molar-refractivity contribution in [3.8, 4) is 0 Å². The maximum atomic E-state index is 12.2. The zero-order chi connectivity index (χ0) is 16.2. The molecule has 0 amide bonds. The van der Waals surface area contributed by atoms with E-state index in [1.54, 1.807) is 0 Å². The van der Waals surface area contributed by atoms with Crippen LogP contribution in [0.4, 0.5) is 0 Å². The highest BCUT2D eigenvalue weighted by Crippen LogP contribution is 2.26. The number of hydrogen-bond donors (Lipinski definition) is 0. The van der Waals surface area contributed by atoms with Gasteiger partial charge in [-0.25, -0.2) is 4.98 Å². The Balaban J connectivity index is 1.89. The summed E-state index contributed by atoms with van der Waals surface area (Å²) in [6.07, 6.45) is 3.03. The molecule has 0 aliphatic carbocycles. The fraction of sp³-hybridized carbons (Fsp3) is 0.444.